The lowest BCUT2D eigenvalue weighted by molar-refractivity contribution is -0.138. The Morgan fingerprint density at radius 1 is 0.741 bits per heavy atom. The van der Waals surface area contributed by atoms with Crippen molar-refractivity contribution in [1.82, 2.24) is 0 Å². The number of nitrogens with one attached hydrogen (secondary N) is 2. The maximum absolute atomic E-state index is 12.8. The first-order valence-electron chi connectivity index (χ1n) is 7.69. The molecule has 0 aliphatic heterocycles. The predicted octanol–water partition coefficient (Wildman–Crippen LogP) is 6.31. The quantitative estimate of drug-likeness (QED) is 0.304. The van der Waals surface area contributed by atoms with Crippen LogP contribution in [-0.4, -0.2) is 5.84 Å². The Balaban J connectivity index is 1.89. The largest absolute Gasteiger partial charge is 0.416 e. The lowest BCUT2D eigenvalue weighted by Crippen LogP contribution is -2.13. The molecule has 140 valence electrons. The third-order valence-corrected chi connectivity index (χ3v) is 3.97. The zero-order chi connectivity index (χ0) is 19.8. The monoisotopic (exact) mass is 382 g/mol. The topological polar surface area (TPSA) is 35.9 Å². The second-order valence-corrected chi connectivity index (χ2v) is 5.81. The zero-order valence-electron chi connectivity index (χ0n) is 13.5. The summed E-state index contributed by atoms with van der Waals surface area (Å²) in [6, 6.07) is 11.9. The number of alkyl halides is 6. The van der Waals surface area contributed by atoms with Crippen LogP contribution in [0.1, 0.15) is 16.7 Å². The van der Waals surface area contributed by atoms with Gasteiger partial charge in [0, 0.05) is 16.6 Å². The highest BCUT2D eigenvalue weighted by Crippen LogP contribution is 2.33. The number of anilines is 1. The number of benzene rings is 3. The van der Waals surface area contributed by atoms with Crippen LogP contribution in [0.4, 0.5) is 32.0 Å². The minimum atomic E-state index is -4.47. The summed E-state index contributed by atoms with van der Waals surface area (Å²) in [7, 11) is 0. The molecule has 3 rings (SSSR count). The van der Waals surface area contributed by atoms with Gasteiger partial charge in [-0.3, -0.25) is 5.41 Å². The van der Waals surface area contributed by atoms with Gasteiger partial charge in [-0.2, -0.15) is 26.3 Å². The van der Waals surface area contributed by atoms with Crippen molar-refractivity contribution in [3.8, 4) is 0 Å². The molecule has 0 heterocycles. The van der Waals surface area contributed by atoms with E-state index in [0.29, 0.717) is 16.5 Å². The molecule has 0 unspecified atom stereocenters. The maximum atomic E-state index is 12.8. The van der Waals surface area contributed by atoms with Crippen molar-refractivity contribution in [2.45, 2.75) is 12.4 Å². The van der Waals surface area contributed by atoms with E-state index in [1.165, 1.54) is 18.2 Å². The van der Waals surface area contributed by atoms with E-state index >= 15 is 0 Å². The van der Waals surface area contributed by atoms with E-state index in [1.54, 1.807) is 6.07 Å². The van der Waals surface area contributed by atoms with Gasteiger partial charge in [0.15, 0.2) is 0 Å². The van der Waals surface area contributed by atoms with Crippen LogP contribution in [0.2, 0.25) is 0 Å². The molecule has 0 fully saturated rings. The van der Waals surface area contributed by atoms with Gasteiger partial charge in [-0.05, 0) is 35.7 Å². The van der Waals surface area contributed by atoms with Crippen molar-refractivity contribution in [2.75, 3.05) is 5.32 Å². The van der Waals surface area contributed by atoms with Gasteiger partial charge in [-0.15, -0.1) is 0 Å². The Hall–Kier alpha value is -3.03. The fraction of sp³-hybridized carbons (Fsp3) is 0.105. The predicted molar refractivity (Wildman–Crippen MR) is 90.8 cm³/mol. The number of rotatable bonds is 2. The van der Waals surface area contributed by atoms with Crippen molar-refractivity contribution in [3.63, 3.8) is 0 Å². The molecule has 27 heavy (non-hydrogen) atoms. The molecule has 0 saturated carbocycles. The molecule has 0 aliphatic carbocycles. The Bertz CT molecular complexity index is 988. The SMILES string of the molecule is N=C(Nc1cccc2cc(C(F)(F)F)ccc12)c1ccc(C(F)(F)F)cc1. The van der Waals surface area contributed by atoms with Crippen molar-refractivity contribution >= 4 is 22.3 Å². The summed E-state index contributed by atoms with van der Waals surface area (Å²) in [5, 5.41) is 11.6. The number of halogens is 6. The normalized spacial score (nSPS) is 12.2. The van der Waals surface area contributed by atoms with Gasteiger partial charge in [0.25, 0.3) is 0 Å². The van der Waals surface area contributed by atoms with Crippen LogP contribution >= 0.6 is 0 Å². The molecular weight excluding hydrogens is 370 g/mol. The molecule has 0 bridgehead atoms. The summed E-state index contributed by atoms with van der Waals surface area (Å²) in [5.41, 5.74) is -1.02. The number of fused-ring (bicyclic) bond motifs is 1. The molecule has 0 amide bonds. The fourth-order valence-electron chi connectivity index (χ4n) is 2.60. The first-order chi connectivity index (χ1) is 12.6. The molecule has 0 atom stereocenters. The summed E-state index contributed by atoms with van der Waals surface area (Å²) in [6.07, 6.45) is -8.94. The van der Waals surface area contributed by atoms with E-state index < -0.39 is 23.5 Å². The second-order valence-electron chi connectivity index (χ2n) is 5.81. The minimum absolute atomic E-state index is 0.170. The highest BCUT2D eigenvalue weighted by molar-refractivity contribution is 6.10. The van der Waals surface area contributed by atoms with Gasteiger partial charge >= 0.3 is 12.4 Å². The van der Waals surface area contributed by atoms with Crippen molar-refractivity contribution < 1.29 is 26.3 Å². The number of amidine groups is 1. The van der Waals surface area contributed by atoms with Crippen LogP contribution in [-0.2, 0) is 12.4 Å². The van der Waals surface area contributed by atoms with Crippen LogP contribution in [0.3, 0.4) is 0 Å². The van der Waals surface area contributed by atoms with Crippen LogP contribution in [0.15, 0.2) is 60.7 Å². The number of hydrogen-bond acceptors (Lipinski definition) is 1. The average Bonchev–Trinajstić information content (AvgIpc) is 2.60. The fourth-order valence-corrected chi connectivity index (χ4v) is 2.60. The van der Waals surface area contributed by atoms with Crippen molar-refractivity contribution in [3.05, 3.63) is 77.4 Å². The van der Waals surface area contributed by atoms with Gasteiger partial charge in [0.1, 0.15) is 5.84 Å². The molecule has 3 aromatic rings. The summed E-state index contributed by atoms with van der Waals surface area (Å²) in [4.78, 5) is 0. The smallest absolute Gasteiger partial charge is 0.340 e. The van der Waals surface area contributed by atoms with Crippen molar-refractivity contribution in [1.29, 1.82) is 5.41 Å². The highest BCUT2D eigenvalue weighted by atomic mass is 19.4. The standard InChI is InChI=1S/C19H12F6N2/c20-18(21,22)13-6-4-11(5-7-13)17(26)27-16-3-1-2-12-10-14(19(23,24)25)8-9-15(12)16/h1-10H,(H2,26,27). The molecule has 0 saturated heterocycles. The van der Waals surface area contributed by atoms with E-state index in [9.17, 15) is 26.3 Å². The molecule has 0 spiro atoms. The molecule has 3 aromatic carbocycles. The Morgan fingerprint density at radius 3 is 1.93 bits per heavy atom. The minimum Gasteiger partial charge on any atom is -0.340 e. The molecule has 0 radical (unpaired) electrons. The zero-order valence-corrected chi connectivity index (χ0v) is 13.5. The van der Waals surface area contributed by atoms with Gasteiger partial charge in [0.05, 0.1) is 11.1 Å². The molecular formula is C19H12F6N2. The third kappa shape index (κ3) is 4.05. The highest BCUT2D eigenvalue weighted by Gasteiger charge is 2.31. The first kappa shape index (κ1) is 18.8. The van der Waals surface area contributed by atoms with E-state index in [1.807, 2.05) is 0 Å². The molecule has 0 aromatic heterocycles. The van der Waals surface area contributed by atoms with Crippen LogP contribution in [0.25, 0.3) is 10.8 Å². The van der Waals surface area contributed by atoms with Crippen molar-refractivity contribution in [2.24, 2.45) is 0 Å². The Labute approximate surface area is 149 Å². The van der Waals surface area contributed by atoms with Crippen LogP contribution < -0.4 is 5.32 Å². The van der Waals surface area contributed by atoms with Gasteiger partial charge < -0.3 is 5.32 Å². The lowest BCUT2D eigenvalue weighted by atomic mass is 10.0. The van der Waals surface area contributed by atoms with Crippen LogP contribution in [0.5, 0.6) is 0 Å². The maximum Gasteiger partial charge on any atom is 0.416 e. The van der Waals surface area contributed by atoms with Crippen LogP contribution in [0, 0.1) is 5.41 Å². The van der Waals surface area contributed by atoms with E-state index in [2.05, 4.69) is 5.32 Å². The second kappa shape index (κ2) is 6.61. The third-order valence-electron chi connectivity index (χ3n) is 3.97. The Morgan fingerprint density at radius 2 is 1.33 bits per heavy atom. The molecule has 8 heteroatoms. The Kier molecular flexibility index (Phi) is 4.59. The van der Waals surface area contributed by atoms with E-state index in [-0.39, 0.29) is 11.4 Å². The molecule has 0 aliphatic rings. The summed E-state index contributed by atoms with van der Waals surface area (Å²) < 4.78 is 76.3. The van der Waals surface area contributed by atoms with E-state index in [4.69, 9.17) is 5.41 Å². The summed E-state index contributed by atoms with van der Waals surface area (Å²) in [6.45, 7) is 0. The van der Waals surface area contributed by atoms with Gasteiger partial charge in [-0.25, -0.2) is 0 Å². The lowest BCUT2D eigenvalue weighted by Gasteiger charge is -2.13. The average molecular weight is 382 g/mol. The first-order valence-corrected chi connectivity index (χ1v) is 7.69. The molecule has 2 nitrogen and oxygen atoms in total. The van der Waals surface area contributed by atoms with E-state index in [0.717, 1.165) is 36.4 Å². The molecule has 2 N–H and O–H groups in total. The number of hydrogen-bond donors (Lipinski definition) is 2. The van der Waals surface area contributed by atoms with Gasteiger partial charge in [-0.1, -0.05) is 30.3 Å². The van der Waals surface area contributed by atoms with Gasteiger partial charge in [0.2, 0.25) is 0 Å². The summed E-state index contributed by atoms with van der Waals surface area (Å²) >= 11 is 0. The summed E-state index contributed by atoms with van der Waals surface area (Å²) in [5.74, 6) is -0.170.